The second kappa shape index (κ2) is 4.60. The van der Waals surface area contributed by atoms with Gasteiger partial charge in [0.15, 0.2) is 0 Å². The number of aryl methyl sites for hydroxylation is 2. The molecule has 3 N–H and O–H groups in total. The van der Waals surface area contributed by atoms with Gasteiger partial charge in [-0.05, 0) is 26.3 Å². The Balaban J connectivity index is 2.31. The van der Waals surface area contributed by atoms with Crippen LogP contribution in [-0.2, 0) is 0 Å². The van der Waals surface area contributed by atoms with Gasteiger partial charge in [0.1, 0.15) is 12.0 Å². The highest BCUT2D eigenvalue weighted by Crippen LogP contribution is 2.19. The molecule has 0 atom stereocenters. The second-order valence-corrected chi connectivity index (χ2v) is 4.18. The molecule has 0 unspecified atom stereocenters. The van der Waals surface area contributed by atoms with Crippen molar-refractivity contribution in [1.82, 2.24) is 9.97 Å². The summed E-state index contributed by atoms with van der Waals surface area (Å²) in [5.74, 6) is -1.56. The highest BCUT2D eigenvalue weighted by atomic mass is 16.4. The molecular formula is C12H13N3O4. The number of rotatable bonds is 3. The van der Waals surface area contributed by atoms with E-state index >= 15 is 0 Å². The van der Waals surface area contributed by atoms with Crippen molar-refractivity contribution >= 4 is 17.9 Å². The molecule has 1 amide bonds. The average molecular weight is 263 g/mol. The van der Waals surface area contributed by atoms with Crippen LogP contribution in [0.5, 0.6) is 0 Å². The van der Waals surface area contributed by atoms with Crippen LogP contribution in [0.4, 0.5) is 6.01 Å². The molecule has 0 aliphatic rings. The van der Waals surface area contributed by atoms with E-state index < -0.39 is 11.9 Å². The van der Waals surface area contributed by atoms with Gasteiger partial charge in [0.2, 0.25) is 0 Å². The van der Waals surface area contributed by atoms with Crippen LogP contribution in [0.25, 0.3) is 0 Å². The number of oxazole rings is 1. The lowest BCUT2D eigenvalue weighted by Crippen LogP contribution is -2.14. The normalized spacial score (nSPS) is 10.5. The van der Waals surface area contributed by atoms with Crippen LogP contribution < -0.4 is 5.32 Å². The fourth-order valence-corrected chi connectivity index (χ4v) is 1.88. The maximum atomic E-state index is 12.1. The molecule has 2 aromatic rings. The number of carbonyl (C=O) groups is 2. The molecule has 2 rings (SSSR count). The number of H-pyrrole nitrogens is 1. The predicted octanol–water partition coefficient (Wildman–Crippen LogP) is 1.88. The number of hydrogen-bond donors (Lipinski definition) is 3. The quantitative estimate of drug-likeness (QED) is 0.783. The number of nitrogens with one attached hydrogen (secondary N) is 2. The van der Waals surface area contributed by atoms with Crippen LogP contribution >= 0.6 is 0 Å². The van der Waals surface area contributed by atoms with Crippen molar-refractivity contribution in [3.05, 3.63) is 34.5 Å². The summed E-state index contributed by atoms with van der Waals surface area (Å²) in [5.41, 5.74) is 1.80. The van der Waals surface area contributed by atoms with Gasteiger partial charge >= 0.3 is 12.0 Å². The van der Waals surface area contributed by atoms with Crippen molar-refractivity contribution in [1.29, 1.82) is 0 Å². The number of aromatic carboxylic acids is 1. The third kappa shape index (κ3) is 2.35. The number of aromatic amines is 1. The van der Waals surface area contributed by atoms with Crippen molar-refractivity contribution in [2.45, 2.75) is 20.8 Å². The van der Waals surface area contributed by atoms with Crippen LogP contribution in [-0.4, -0.2) is 27.0 Å². The molecule has 0 bridgehead atoms. The molecule has 0 saturated carbocycles. The van der Waals surface area contributed by atoms with Gasteiger partial charge in [0.05, 0.1) is 11.3 Å². The number of carboxylic acid groups (broad SMARTS) is 1. The molecule has 0 fully saturated rings. The Morgan fingerprint density at radius 2 is 2.05 bits per heavy atom. The van der Waals surface area contributed by atoms with Gasteiger partial charge in [-0.1, -0.05) is 0 Å². The first-order valence-electron chi connectivity index (χ1n) is 5.56. The fraction of sp³-hybridized carbons (Fsp3) is 0.250. The first-order valence-corrected chi connectivity index (χ1v) is 5.56. The zero-order valence-corrected chi connectivity index (χ0v) is 10.7. The van der Waals surface area contributed by atoms with Crippen molar-refractivity contribution < 1.29 is 19.1 Å². The molecule has 19 heavy (non-hydrogen) atoms. The molecule has 2 heterocycles. The van der Waals surface area contributed by atoms with Gasteiger partial charge in [-0.3, -0.25) is 10.1 Å². The Hall–Kier alpha value is -2.57. The monoisotopic (exact) mass is 263 g/mol. The lowest BCUT2D eigenvalue weighted by atomic mass is 10.1. The third-order valence-electron chi connectivity index (χ3n) is 2.72. The van der Waals surface area contributed by atoms with Crippen molar-refractivity contribution in [3.63, 3.8) is 0 Å². The lowest BCUT2D eigenvalue weighted by molar-refractivity contribution is 0.0690. The van der Waals surface area contributed by atoms with E-state index in [0.717, 1.165) is 0 Å². The van der Waals surface area contributed by atoms with Crippen molar-refractivity contribution in [2.75, 3.05) is 5.32 Å². The van der Waals surface area contributed by atoms with E-state index in [-0.39, 0.29) is 17.3 Å². The Morgan fingerprint density at radius 3 is 2.53 bits per heavy atom. The largest absolute Gasteiger partial charge is 0.477 e. The highest BCUT2D eigenvalue weighted by molar-refractivity contribution is 6.07. The summed E-state index contributed by atoms with van der Waals surface area (Å²) in [6.07, 6.45) is 1.41. The number of carboxylic acids is 1. The van der Waals surface area contributed by atoms with Gasteiger partial charge < -0.3 is 14.5 Å². The minimum absolute atomic E-state index is 0.00577. The molecule has 0 aromatic carbocycles. The summed E-state index contributed by atoms with van der Waals surface area (Å²) in [5, 5.41) is 11.5. The number of nitrogens with zero attached hydrogens (tertiary/aromatic N) is 1. The van der Waals surface area contributed by atoms with Gasteiger partial charge in [-0.2, -0.15) is 4.98 Å². The maximum absolute atomic E-state index is 12.1. The summed E-state index contributed by atoms with van der Waals surface area (Å²) >= 11 is 0. The van der Waals surface area contributed by atoms with E-state index in [1.165, 1.54) is 6.26 Å². The molecule has 0 spiro atoms. The Kier molecular flexibility index (Phi) is 3.12. The number of aromatic nitrogens is 2. The predicted molar refractivity (Wildman–Crippen MR) is 66.4 cm³/mol. The first-order chi connectivity index (χ1) is 8.90. The van der Waals surface area contributed by atoms with Crippen molar-refractivity contribution in [3.8, 4) is 0 Å². The van der Waals surface area contributed by atoms with Gasteiger partial charge in [-0.25, -0.2) is 4.79 Å². The van der Waals surface area contributed by atoms with E-state index in [4.69, 9.17) is 9.52 Å². The standard InChI is InChI=1S/C12H13N3O4/c1-5-4-19-12(13-5)15-10(16)8-6(2)9(11(17)18)14-7(8)3/h4,14H,1-3H3,(H,17,18)(H,13,15,16). The summed E-state index contributed by atoms with van der Waals surface area (Å²) in [4.78, 5) is 29.7. The molecule has 0 aliphatic heterocycles. The van der Waals surface area contributed by atoms with E-state index in [0.29, 0.717) is 17.0 Å². The van der Waals surface area contributed by atoms with Crippen molar-refractivity contribution in [2.24, 2.45) is 0 Å². The summed E-state index contributed by atoms with van der Waals surface area (Å²) in [6.45, 7) is 4.94. The molecule has 2 aromatic heterocycles. The van der Waals surface area contributed by atoms with Gasteiger partial charge in [0.25, 0.3) is 5.91 Å². The molecule has 7 nitrogen and oxygen atoms in total. The van der Waals surface area contributed by atoms with E-state index in [9.17, 15) is 9.59 Å². The van der Waals surface area contributed by atoms with E-state index in [1.54, 1.807) is 20.8 Å². The molecule has 7 heteroatoms. The molecule has 0 aliphatic carbocycles. The zero-order valence-electron chi connectivity index (χ0n) is 10.7. The SMILES string of the molecule is Cc1coc(NC(=O)c2c(C)[nH]c(C(=O)O)c2C)n1. The average Bonchev–Trinajstić information content (AvgIpc) is 2.83. The minimum Gasteiger partial charge on any atom is -0.477 e. The third-order valence-corrected chi connectivity index (χ3v) is 2.72. The molecule has 0 radical (unpaired) electrons. The van der Waals surface area contributed by atoms with Crippen LogP contribution in [0.1, 0.15) is 37.8 Å². The van der Waals surface area contributed by atoms with Crippen LogP contribution in [0.15, 0.2) is 10.7 Å². The Bertz CT molecular complexity index is 654. The topological polar surface area (TPSA) is 108 Å². The number of carbonyl (C=O) groups excluding carboxylic acids is 1. The Labute approximate surface area is 108 Å². The smallest absolute Gasteiger partial charge is 0.352 e. The summed E-state index contributed by atoms with van der Waals surface area (Å²) < 4.78 is 5.02. The molecule has 0 saturated heterocycles. The zero-order chi connectivity index (χ0) is 14.2. The highest BCUT2D eigenvalue weighted by Gasteiger charge is 2.22. The minimum atomic E-state index is -1.10. The Morgan fingerprint density at radius 1 is 1.37 bits per heavy atom. The van der Waals surface area contributed by atoms with Crippen LogP contribution in [0.3, 0.4) is 0 Å². The summed E-state index contributed by atoms with van der Waals surface area (Å²) in [7, 11) is 0. The lowest BCUT2D eigenvalue weighted by Gasteiger charge is -2.01. The summed E-state index contributed by atoms with van der Waals surface area (Å²) in [6, 6.07) is 0.0828. The first kappa shape index (κ1) is 12.9. The number of amides is 1. The van der Waals surface area contributed by atoms with Gasteiger partial charge in [-0.15, -0.1) is 0 Å². The van der Waals surface area contributed by atoms with E-state index in [2.05, 4.69) is 15.3 Å². The number of hydrogen-bond acceptors (Lipinski definition) is 4. The van der Waals surface area contributed by atoms with Crippen LogP contribution in [0.2, 0.25) is 0 Å². The van der Waals surface area contributed by atoms with Gasteiger partial charge in [0, 0.05) is 5.69 Å². The van der Waals surface area contributed by atoms with E-state index in [1.807, 2.05) is 0 Å². The fourth-order valence-electron chi connectivity index (χ4n) is 1.88. The molecule has 100 valence electrons. The number of anilines is 1. The van der Waals surface area contributed by atoms with Crippen LogP contribution in [0, 0.1) is 20.8 Å². The molecular weight excluding hydrogens is 250 g/mol. The maximum Gasteiger partial charge on any atom is 0.352 e. The second-order valence-electron chi connectivity index (χ2n) is 4.18.